The molecule has 0 aliphatic carbocycles. The maximum atomic E-state index is 13.6. The first-order valence-electron chi connectivity index (χ1n) is 4.59. The molecule has 2 N–H and O–H groups in total. The molecule has 2 aromatic carbocycles. The van der Waals surface area contributed by atoms with Gasteiger partial charge in [-0.25, -0.2) is 8.78 Å². The zero-order valence-corrected chi connectivity index (χ0v) is 9.76. The highest BCUT2D eigenvalue weighted by Crippen LogP contribution is 2.31. The molecular weight excluding hydrogens is 276 g/mol. The molecule has 4 heteroatoms. The topological polar surface area (TPSA) is 26.0 Å². The van der Waals surface area contributed by atoms with Crippen LogP contribution in [0.15, 0.2) is 40.9 Å². The fourth-order valence-corrected chi connectivity index (χ4v) is 1.95. The first-order valence-corrected chi connectivity index (χ1v) is 5.38. The summed E-state index contributed by atoms with van der Waals surface area (Å²) in [7, 11) is 0. The number of halogens is 3. The Morgan fingerprint density at radius 3 is 2.31 bits per heavy atom. The van der Waals surface area contributed by atoms with Crippen LogP contribution < -0.4 is 5.73 Å². The molecule has 0 unspecified atom stereocenters. The Labute approximate surface area is 100 Å². The van der Waals surface area contributed by atoms with Crippen molar-refractivity contribution < 1.29 is 8.78 Å². The molecule has 0 spiro atoms. The van der Waals surface area contributed by atoms with E-state index >= 15 is 0 Å². The van der Waals surface area contributed by atoms with Crippen molar-refractivity contribution in [2.24, 2.45) is 0 Å². The van der Waals surface area contributed by atoms with E-state index in [9.17, 15) is 8.78 Å². The number of anilines is 1. The van der Waals surface area contributed by atoms with Crippen molar-refractivity contribution in [3.63, 3.8) is 0 Å². The maximum Gasteiger partial charge on any atom is 0.146 e. The van der Waals surface area contributed by atoms with Crippen molar-refractivity contribution in [1.29, 1.82) is 0 Å². The van der Waals surface area contributed by atoms with Crippen molar-refractivity contribution in [1.82, 2.24) is 0 Å². The molecule has 0 saturated heterocycles. The minimum atomic E-state index is -0.618. The smallest absolute Gasteiger partial charge is 0.146 e. The van der Waals surface area contributed by atoms with Crippen LogP contribution in [-0.2, 0) is 0 Å². The summed E-state index contributed by atoms with van der Waals surface area (Å²) < 4.78 is 27.6. The summed E-state index contributed by atoms with van der Waals surface area (Å²) in [5.74, 6) is -1.15. The van der Waals surface area contributed by atoms with Crippen LogP contribution in [0.1, 0.15) is 0 Å². The second kappa shape index (κ2) is 4.22. The number of nitrogens with two attached hydrogens (primary N) is 1. The van der Waals surface area contributed by atoms with E-state index in [0.717, 1.165) is 12.1 Å². The van der Waals surface area contributed by atoms with Gasteiger partial charge in [0, 0.05) is 16.1 Å². The van der Waals surface area contributed by atoms with Crippen molar-refractivity contribution in [3.05, 3.63) is 52.5 Å². The molecule has 0 aliphatic rings. The number of hydrogen-bond acceptors (Lipinski definition) is 1. The lowest BCUT2D eigenvalue weighted by Gasteiger charge is -2.07. The fraction of sp³-hybridized carbons (Fsp3) is 0. The summed E-state index contributed by atoms with van der Waals surface area (Å²) in [6.07, 6.45) is 0. The third kappa shape index (κ3) is 1.93. The van der Waals surface area contributed by atoms with Gasteiger partial charge in [-0.1, -0.05) is 34.1 Å². The Morgan fingerprint density at radius 2 is 1.62 bits per heavy atom. The van der Waals surface area contributed by atoms with E-state index in [1.807, 2.05) is 0 Å². The molecule has 0 heterocycles. The molecule has 2 rings (SSSR count). The molecule has 0 atom stereocenters. The van der Waals surface area contributed by atoms with Gasteiger partial charge in [-0.15, -0.1) is 0 Å². The largest absolute Gasteiger partial charge is 0.396 e. The lowest BCUT2D eigenvalue weighted by atomic mass is 10.0. The Morgan fingerprint density at radius 1 is 0.938 bits per heavy atom. The van der Waals surface area contributed by atoms with Gasteiger partial charge in [-0.3, -0.25) is 0 Å². The van der Waals surface area contributed by atoms with Gasteiger partial charge >= 0.3 is 0 Å². The Hall–Kier alpha value is -1.42. The second-order valence-corrected chi connectivity index (χ2v) is 4.19. The quantitative estimate of drug-likeness (QED) is 0.788. The minimum absolute atomic E-state index is 0.187. The van der Waals surface area contributed by atoms with E-state index in [-0.39, 0.29) is 11.3 Å². The summed E-state index contributed by atoms with van der Waals surface area (Å²) in [4.78, 5) is 0. The summed E-state index contributed by atoms with van der Waals surface area (Å²) in [6, 6.07) is 9.13. The van der Waals surface area contributed by atoms with Crippen LogP contribution in [0.25, 0.3) is 11.1 Å². The number of rotatable bonds is 1. The van der Waals surface area contributed by atoms with Crippen molar-refractivity contribution in [2.45, 2.75) is 0 Å². The van der Waals surface area contributed by atoms with Crippen LogP contribution in [0.3, 0.4) is 0 Å². The molecule has 0 saturated carbocycles. The van der Waals surface area contributed by atoms with Gasteiger partial charge in [-0.2, -0.15) is 0 Å². The van der Waals surface area contributed by atoms with Crippen LogP contribution >= 0.6 is 15.9 Å². The van der Waals surface area contributed by atoms with Gasteiger partial charge in [0.05, 0.1) is 5.69 Å². The third-order valence-electron chi connectivity index (χ3n) is 2.25. The molecule has 1 nitrogen and oxygen atoms in total. The molecule has 0 bridgehead atoms. The molecule has 0 amide bonds. The molecule has 2 aromatic rings. The average molecular weight is 284 g/mol. The van der Waals surface area contributed by atoms with E-state index in [1.165, 1.54) is 0 Å². The van der Waals surface area contributed by atoms with Gasteiger partial charge in [0.2, 0.25) is 0 Å². The third-order valence-corrected chi connectivity index (χ3v) is 2.94. The van der Waals surface area contributed by atoms with Crippen molar-refractivity contribution in [2.75, 3.05) is 5.73 Å². The van der Waals surface area contributed by atoms with Crippen LogP contribution in [0.5, 0.6) is 0 Å². The number of nitrogen functional groups attached to an aromatic ring is 1. The molecule has 0 aliphatic heterocycles. The molecule has 0 aromatic heterocycles. The Kier molecular flexibility index (Phi) is 2.92. The van der Waals surface area contributed by atoms with E-state index in [4.69, 9.17) is 5.73 Å². The highest BCUT2D eigenvalue weighted by atomic mass is 79.9. The average Bonchev–Trinajstić information content (AvgIpc) is 2.25. The zero-order chi connectivity index (χ0) is 11.7. The maximum absolute atomic E-state index is 13.6. The Balaban J connectivity index is 2.65. The van der Waals surface area contributed by atoms with E-state index in [0.29, 0.717) is 10.0 Å². The lowest BCUT2D eigenvalue weighted by Crippen LogP contribution is -1.94. The predicted molar refractivity (Wildman–Crippen MR) is 63.9 cm³/mol. The van der Waals surface area contributed by atoms with Crippen molar-refractivity contribution in [3.8, 4) is 11.1 Å². The van der Waals surface area contributed by atoms with Crippen LogP contribution in [0.4, 0.5) is 14.5 Å². The van der Waals surface area contributed by atoms with Crippen LogP contribution in [0.2, 0.25) is 0 Å². The monoisotopic (exact) mass is 283 g/mol. The Bertz CT molecular complexity index is 541. The molecule has 0 radical (unpaired) electrons. The van der Waals surface area contributed by atoms with Gasteiger partial charge in [0.25, 0.3) is 0 Å². The van der Waals surface area contributed by atoms with E-state index in [1.54, 1.807) is 24.3 Å². The van der Waals surface area contributed by atoms with E-state index in [2.05, 4.69) is 15.9 Å². The number of hydrogen-bond donors (Lipinski definition) is 1. The highest BCUT2D eigenvalue weighted by molar-refractivity contribution is 9.10. The summed E-state index contributed by atoms with van der Waals surface area (Å²) >= 11 is 3.29. The standard InChI is InChI=1S/C12H8BrF2N/c13-9-4-2-1-3-7(9)8-5-11(15)12(16)6-10(8)14/h1-6H,16H2. The molecule has 82 valence electrons. The number of benzene rings is 2. The molecule has 16 heavy (non-hydrogen) atoms. The van der Waals surface area contributed by atoms with Crippen molar-refractivity contribution >= 4 is 21.6 Å². The summed E-state index contributed by atoms with van der Waals surface area (Å²) in [5, 5.41) is 0. The molecule has 0 fully saturated rings. The lowest BCUT2D eigenvalue weighted by molar-refractivity contribution is 0.607. The van der Waals surface area contributed by atoms with Gasteiger partial charge in [0.15, 0.2) is 0 Å². The highest BCUT2D eigenvalue weighted by Gasteiger charge is 2.11. The second-order valence-electron chi connectivity index (χ2n) is 3.33. The van der Waals surface area contributed by atoms with Crippen LogP contribution in [0, 0.1) is 11.6 Å². The summed E-state index contributed by atoms with van der Waals surface area (Å²) in [6.45, 7) is 0. The first kappa shape index (κ1) is 11.1. The SMILES string of the molecule is Nc1cc(F)c(-c2ccccc2Br)cc1F. The summed E-state index contributed by atoms with van der Waals surface area (Å²) in [5.41, 5.74) is 5.88. The van der Waals surface area contributed by atoms with Gasteiger partial charge in [0.1, 0.15) is 11.6 Å². The van der Waals surface area contributed by atoms with Crippen LogP contribution in [-0.4, -0.2) is 0 Å². The molecular formula is C12H8BrF2N. The zero-order valence-electron chi connectivity index (χ0n) is 8.18. The fourth-order valence-electron chi connectivity index (χ4n) is 1.45. The minimum Gasteiger partial charge on any atom is -0.396 e. The van der Waals surface area contributed by atoms with E-state index < -0.39 is 11.6 Å². The predicted octanol–water partition coefficient (Wildman–Crippen LogP) is 3.98. The van der Waals surface area contributed by atoms with Gasteiger partial charge in [-0.05, 0) is 17.7 Å². The van der Waals surface area contributed by atoms with Gasteiger partial charge < -0.3 is 5.73 Å². The first-order chi connectivity index (χ1) is 7.59. The normalized spacial score (nSPS) is 10.4.